The quantitative estimate of drug-likeness (QED) is 0.655. The molecular formula is C18H20ClN3. The third-order valence-electron chi connectivity index (χ3n) is 4.03. The molecule has 0 amide bonds. The molecule has 0 spiro atoms. The summed E-state index contributed by atoms with van der Waals surface area (Å²) in [5.74, 6) is 0.325. The maximum absolute atomic E-state index is 6.59. The van der Waals surface area contributed by atoms with Crippen LogP contribution in [0.1, 0.15) is 47.8 Å². The first-order valence-corrected chi connectivity index (χ1v) is 7.95. The molecule has 114 valence electrons. The molecule has 0 unspecified atom stereocenters. The van der Waals surface area contributed by atoms with E-state index in [1.807, 2.05) is 19.9 Å². The van der Waals surface area contributed by atoms with Gasteiger partial charge in [-0.25, -0.2) is 9.50 Å². The van der Waals surface area contributed by atoms with Gasteiger partial charge in [0.15, 0.2) is 5.65 Å². The summed E-state index contributed by atoms with van der Waals surface area (Å²) in [4.78, 5) is 4.79. The fraction of sp³-hybridized carbons (Fsp3) is 0.333. The molecule has 3 rings (SSSR count). The molecule has 0 saturated carbocycles. The average Bonchev–Trinajstić information content (AvgIpc) is 2.77. The Morgan fingerprint density at radius 2 is 1.77 bits per heavy atom. The van der Waals surface area contributed by atoms with Crippen molar-refractivity contribution in [1.29, 1.82) is 0 Å². The molecule has 1 aromatic carbocycles. The van der Waals surface area contributed by atoms with Crippen LogP contribution in [0.5, 0.6) is 0 Å². The molecule has 0 aliphatic heterocycles. The molecule has 0 bridgehead atoms. The third kappa shape index (κ3) is 2.50. The van der Waals surface area contributed by atoms with Crippen LogP contribution >= 0.6 is 11.6 Å². The van der Waals surface area contributed by atoms with E-state index in [2.05, 4.69) is 43.2 Å². The SMILES string of the molecule is Cc1nc2c(Cc3ccccc3)c(C)nn2c(Cl)c1C(C)C. The van der Waals surface area contributed by atoms with Gasteiger partial charge in [0, 0.05) is 23.2 Å². The van der Waals surface area contributed by atoms with E-state index >= 15 is 0 Å². The number of benzene rings is 1. The molecule has 0 radical (unpaired) electrons. The van der Waals surface area contributed by atoms with Gasteiger partial charge in [0.1, 0.15) is 5.15 Å². The van der Waals surface area contributed by atoms with E-state index in [1.165, 1.54) is 5.56 Å². The Kier molecular flexibility index (Phi) is 3.92. The molecule has 0 aliphatic carbocycles. The number of hydrogen-bond acceptors (Lipinski definition) is 2. The van der Waals surface area contributed by atoms with Crippen molar-refractivity contribution in [1.82, 2.24) is 14.6 Å². The first kappa shape index (κ1) is 15.0. The Bertz CT molecular complexity index is 819. The van der Waals surface area contributed by atoms with Gasteiger partial charge in [0.2, 0.25) is 0 Å². The van der Waals surface area contributed by atoms with Gasteiger partial charge in [-0.3, -0.25) is 0 Å². The molecule has 0 aliphatic rings. The normalized spacial score (nSPS) is 11.5. The summed E-state index contributed by atoms with van der Waals surface area (Å²) in [5, 5.41) is 5.30. The standard InChI is InChI=1S/C18H20ClN3/c1-11(2)16-13(4)20-18-15(10-14-8-6-5-7-9-14)12(3)21-22(18)17(16)19/h5-9,11H,10H2,1-4H3. The van der Waals surface area contributed by atoms with Crippen LogP contribution in [0, 0.1) is 13.8 Å². The zero-order valence-electron chi connectivity index (χ0n) is 13.4. The van der Waals surface area contributed by atoms with Crippen LogP contribution in [-0.4, -0.2) is 14.6 Å². The number of hydrogen-bond donors (Lipinski definition) is 0. The fourth-order valence-electron chi connectivity index (χ4n) is 2.94. The van der Waals surface area contributed by atoms with Crippen molar-refractivity contribution in [2.24, 2.45) is 0 Å². The van der Waals surface area contributed by atoms with Gasteiger partial charge in [-0.15, -0.1) is 0 Å². The van der Waals surface area contributed by atoms with Crippen LogP contribution in [0.15, 0.2) is 30.3 Å². The van der Waals surface area contributed by atoms with Crippen molar-refractivity contribution in [3.05, 3.63) is 63.6 Å². The van der Waals surface area contributed by atoms with Gasteiger partial charge >= 0.3 is 0 Å². The van der Waals surface area contributed by atoms with E-state index in [4.69, 9.17) is 16.6 Å². The zero-order chi connectivity index (χ0) is 15.9. The van der Waals surface area contributed by atoms with Gasteiger partial charge in [0.25, 0.3) is 0 Å². The van der Waals surface area contributed by atoms with Gasteiger partial charge in [-0.1, -0.05) is 55.8 Å². The van der Waals surface area contributed by atoms with E-state index in [9.17, 15) is 0 Å². The molecule has 2 aromatic heterocycles. The number of rotatable bonds is 3. The lowest BCUT2D eigenvalue weighted by atomic mass is 10.0. The summed E-state index contributed by atoms with van der Waals surface area (Å²) in [7, 11) is 0. The Labute approximate surface area is 136 Å². The minimum atomic E-state index is 0.325. The van der Waals surface area contributed by atoms with Gasteiger partial charge < -0.3 is 0 Å². The minimum absolute atomic E-state index is 0.325. The first-order chi connectivity index (χ1) is 10.5. The molecule has 0 fully saturated rings. The fourth-order valence-corrected chi connectivity index (χ4v) is 3.42. The van der Waals surface area contributed by atoms with Crippen LogP contribution in [-0.2, 0) is 6.42 Å². The number of nitrogens with zero attached hydrogens (tertiary/aromatic N) is 3. The van der Waals surface area contributed by atoms with Gasteiger partial charge in [-0.2, -0.15) is 5.10 Å². The third-order valence-corrected chi connectivity index (χ3v) is 4.39. The predicted octanol–water partition coefficient (Wildman–Crippen LogP) is 4.71. The summed E-state index contributed by atoms with van der Waals surface area (Å²) in [5.41, 5.74) is 6.31. The smallest absolute Gasteiger partial charge is 0.160 e. The summed E-state index contributed by atoms with van der Waals surface area (Å²) < 4.78 is 1.79. The molecule has 3 nitrogen and oxygen atoms in total. The highest BCUT2D eigenvalue weighted by atomic mass is 35.5. The van der Waals surface area contributed by atoms with E-state index in [-0.39, 0.29) is 0 Å². The number of fused-ring (bicyclic) bond motifs is 1. The molecule has 0 atom stereocenters. The molecule has 2 heterocycles. The monoisotopic (exact) mass is 313 g/mol. The van der Waals surface area contributed by atoms with Crippen molar-refractivity contribution in [2.75, 3.05) is 0 Å². The molecule has 22 heavy (non-hydrogen) atoms. The maximum atomic E-state index is 6.59. The Morgan fingerprint density at radius 3 is 2.41 bits per heavy atom. The molecular weight excluding hydrogens is 294 g/mol. The highest BCUT2D eigenvalue weighted by Crippen LogP contribution is 2.29. The van der Waals surface area contributed by atoms with Crippen molar-refractivity contribution in [3.63, 3.8) is 0 Å². The Morgan fingerprint density at radius 1 is 1.09 bits per heavy atom. The second-order valence-corrected chi connectivity index (χ2v) is 6.38. The van der Waals surface area contributed by atoms with E-state index in [0.717, 1.165) is 34.6 Å². The van der Waals surface area contributed by atoms with Crippen molar-refractivity contribution < 1.29 is 0 Å². The Balaban J connectivity index is 2.18. The number of aryl methyl sites for hydroxylation is 2. The van der Waals surface area contributed by atoms with Crippen LogP contribution in [0.25, 0.3) is 5.65 Å². The highest BCUT2D eigenvalue weighted by molar-refractivity contribution is 6.30. The molecule has 0 saturated heterocycles. The lowest BCUT2D eigenvalue weighted by molar-refractivity contribution is 0.803. The topological polar surface area (TPSA) is 30.2 Å². The largest absolute Gasteiger partial charge is 0.233 e. The van der Waals surface area contributed by atoms with E-state index < -0.39 is 0 Å². The van der Waals surface area contributed by atoms with Crippen LogP contribution < -0.4 is 0 Å². The maximum Gasteiger partial charge on any atom is 0.160 e. The lowest BCUT2D eigenvalue weighted by Crippen LogP contribution is -2.04. The molecule has 0 N–H and O–H groups in total. The predicted molar refractivity (Wildman–Crippen MR) is 90.8 cm³/mol. The van der Waals surface area contributed by atoms with Crippen LogP contribution in [0.3, 0.4) is 0 Å². The average molecular weight is 314 g/mol. The second kappa shape index (κ2) is 5.73. The Hall–Kier alpha value is -1.87. The first-order valence-electron chi connectivity index (χ1n) is 7.57. The van der Waals surface area contributed by atoms with Crippen molar-refractivity contribution in [2.45, 2.75) is 40.0 Å². The van der Waals surface area contributed by atoms with Crippen molar-refractivity contribution in [3.8, 4) is 0 Å². The van der Waals surface area contributed by atoms with E-state index in [1.54, 1.807) is 4.52 Å². The van der Waals surface area contributed by atoms with E-state index in [0.29, 0.717) is 11.1 Å². The van der Waals surface area contributed by atoms with Crippen molar-refractivity contribution >= 4 is 17.2 Å². The van der Waals surface area contributed by atoms with Gasteiger partial charge in [0.05, 0.1) is 5.69 Å². The second-order valence-electron chi connectivity index (χ2n) is 6.02. The molecule has 4 heteroatoms. The van der Waals surface area contributed by atoms with Crippen LogP contribution in [0.2, 0.25) is 5.15 Å². The van der Waals surface area contributed by atoms with Crippen LogP contribution in [0.4, 0.5) is 0 Å². The summed E-state index contributed by atoms with van der Waals surface area (Å²) in [6.07, 6.45) is 0.819. The molecule has 3 aromatic rings. The highest BCUT2D eigenvalue weighted by Gasteiger charge is 2.19. The lowest BCUT2D eigenvalue weighted by Gasteiger charge is -2.12. The summed E-state index contributed by atoms with van der Waals surface area (Å²) >= 11 is 6.59. The minimum Gasteiger partial charge on any atom is -0.233 e. The van der Waals surface area contributed by atoms with Gasteiger partial charge in [-0.05, 0) is 25.3 Å². The zero-order valence-corrected chi connectivity index (χ0v) is 14.1. The summed E-state index contributed by atoms with van der Waals surface area (Å²) in [6, 6.07) is 10.4. The summed E-state index contributed by atoms with van der Waals surface area (Å²) in [6.45, 7) is 8.30. The number of halogens is 1. The number of aromatic nitrogens is 3.